The fraction of sp³-hybridized carbons (Fsp3) is 0.455. The number of fused-ring (bicyclic) bond motifs is 4. The zero-order valence-electron chi connectivity index (χ0n) is 16.7. The van der Waals surface area contributed by atoms with Crippen LogP contribution in [-0.2, 0) is 11.3 Å². The van der Waals surface area contributed by atoms with Crippen LogP contribution in [0.25, 0.3) is 0 Å². The summed E-state index contributed by atoms with van der Waals surface area (Å²) in [6.07, 6.45) is 0.991. The lowest BCUT2D eigenvalue weighted by Crippen LogP contribution is -2.51. The number of rotatable bonds is 5. The van der Waals surface area contributed by atoms with E-state index in [0.717, 1.165) is 30.8 Å². The summed E-state index contributed by atoms with van der Waals surface area (Å²) in [5.74, 6) is 0.639. The zero-order chi connectivity index (χ0) is 20.5. The molecule has 1 N–H and O–H groups in total. The van der Waals surface area contributed by atoms with Gasteiger partial charge < -0.3 is 14.6 Å². The summed E-state index contributed by atoms with van der Waals surface area (Å²) in [6, 6.07) is 9.98. The second-order valence-corrected chi connectivity index (χ2v) is 8.01. The smallest absolute Gasteiger partial charge is 0.251 e. The van der Waals surface area contributed by atoms with Gasteiger partial charge in [-0.2, -0.15) is 0 Å². The summed E-state index contributed by atoms with van der Waals surface area (Å²) in [6.45, 7) is 4.22. The second-order valence-electron chi connectivity index (χ2n) is 8.01. The molecule has 0 aliphatic carbocycles. The fourth-order valence-corrected chi connectivity index (χ4v) is 4.87. The number of amides is 1. The topological polar surface area (TPSA) is 63.6 Å². The molecule has 1 amide bonds. The van der Waals surface area contributed by atoms with Gasteiger partial charge in [-0.25, -0.2) is 4.39 Å². The number of ether oxygens (including phenoxy) is 1. The number of piperidine rings is 1. The first-order valence-corrected chi connectivity index (χ1v) is 9.97. The van der Waals surface area contributed by atoms with Gasteiger partial charge in [0.15, 0.2) is 0 Å². The minimum absolute atomic E-state index is 0.0128. The van der Waals surface area contributed by atoms with Gasteiger partial charge in [0.25, 0.3) is 5.56 Å². The predicted molar refractivity (Wildman–Crippen MR) is 107 cm³/mol. The van der Waals surface area contributed by atoms with Crippen molar-refractivity contribution in [2.45, 2.75) is 31.8 Å². The number of halogens is 1. The van der Waals surface area contributed by atoms with Gasteiger partial charge in [0.05, 0.1) is 13.2 Å². The molecule has 3 atom stereocenters. The van der Waals surface area contributed by atoms with Gasteiger partial charge in [0.2, 0.25) is 5.91 Å². The number of hydrogen-bond acceptors (Lipinski definition) is 4. The van der Waals surface area contributed by atoms with E-state index in [1.54, 1.807) is 19.2 Å². The molecule has 0 radical (unpaired) electrons. The summed E-state index contributed by atoms with van der Waals surface area (Å²) in [4.78, 5) is 26.5. The van der Waals surface area contributed by atoms with Crippen molar-refractivity contribution < 1.29 is 13.9 Å². The van der Waals surface area contributed by atoms with Crippen molar-refractivity contribution in [1.82, 2.24) is 14.8 Å². The maximum Gasteiger partial charge on any atom is 0.251 e. The molecule has 4 rings (SSSR count). The molecule has 6 nitrogen and oxygen atoms in total. The molecule has 1 saturated heterocycles. The van der Waals surface area contributed by atoms with E-state index in [1.807, 2.05) is 16.7 Å². The van der Waals surface area contributed by atoms with Crippen LogP contribution in [0, 0.1) is 11.7 Å². The largest absolute Gasteiger partial charge is 0.496 e. The standard InChI is InChI=1S/C22H26FN3O3/c1-14(27)24-10-20-17-8-16(19-4-3-5-22(28)26(19)20)12-25(13-17)11-15-6-7-18(23)9-21(15)29-2/h3-7,9,16-17,20H,8,10-13H2,1-2H3,(H,24,27)/t16-,17+,20+/m1/s1. The maximum absolute atomic E-state index is 13.5. The van der Waals surface area contributed by atoms with E-state index < -0.39 is 0 Å². The van der Waals surface area contributed by atoms with Crippen molar-refractivity contribution in [1.29, 1.82) is 0 Å². The number of carbonyl (C=O) groups is 1. The Balaban J connectivity index is 1.63. The van der Waals surface area contributed by atoms with E-state index in [1.165, 1.54) is 19.1 Å². The van der Waals surface area contributed by atoms with Gasteiger partial charge in [-0.1, -0.05) is 12.1 Å². The molecule has 2 aliphatic heterocycles. The van der Waals surface area contributed by atoms with E-state index in [2.05, 4.69) is 10.2 Å². The third-order valence-corrected chi connectivity index (χ3v) is 6.08. The number of carbonyl (C=O) groups excluding carboxylic acids is 1. The Bertz CT molecular complexity index is 974. The van der Waals surface area contributed by atoms with Crippen LogP contribution in [0.4, 0.5) is 4.39 Å². The molecule has 1 fully saturated rings. The molecule has 1 aromatic carbocycles. The van der Waals surface area contributed by atoms with Gasteiger partial charge in [0.1, 0.15) is 11.6 Å². The SMILES string of the molecule is COc1cc(F)ccc1CN1C[C@H]2C[C@@H](C1)[C@H](CNC(C)=O)n1c2cccc1=O. The average molecular weight is 399 g/mol. The van der Waals surface area contributed by atoms with Crippen LogP contribution in [0.2, 0.25) is 0 Å². The number of nitrogens with zero attached hydrogens (tertiary/aromatic N) is 2. The molecule has 154 valence electrons. The number of benzene rings is 1. The number of aromatic nitrogens is 1. The highest BCUT2D eigenvalue weighted by Crippen LogP contribution is 2.41. The van der Waals surface area contributed by atoms with Crippen LogP contribution in [0.15, 0.2) is 41.2 Å². The number of likely N-dealkylation sites (tertiary alicyclic amines) is 1. The quantitative estimate of drug-likeness (QED) is 0.838. The lowest BCUT2D eigenvalue weighted by atomic mass is 9.78. The van der Waals surface area contributed by atoms with E-state index in [4.69, 9.17) is 4.74 Å². The molecule has 29 heavy (non-hydrogen) atoms. The Morgan fingerprint density at radius 1 is 1.28 bits per heavy atom. The Morgan fingerprint density at radius 2 is 2.10 bits per heavy atom. The van der Waals surface area contributed by atoms with Crippen molar-refractivity contribution in [2.24, 2.45) is 5.92 Å². The van der Waals surface area contributed by atoms with Crippen molar-refractivity contribution in [2.75, 3.05) is 26.7 Å². The van der Waals surface area contributed by atoms with Crippen molar-refractivity contribution in [3.63, 3.8) is 0 Å². The normalized spacial score (nSPS) is 23.3. The molecule has 2 aromatic rings. The van der Waals surface area contributed by atoms with Gasteiger partial charge in [-0.05, 0) is 24.5 Å². The molecule has 7 heteroatoms. The lowest BCUT2D eigenvalue weighted by Gasteiger charge is -2.47. The first-order chi connectivity index (χ1) is 14.0. The molecule has 2 bridgehead atoms. The highest BCUT2D eigenvalue weighted by atomic mass is 19.1. The Morgan fingerprint density at radius 3 is 2.86 bits per heavy atom. The summed E-state index contributed by atoms with van der Waals surface area (Å²) in [5.41, 5.74) is 1.96. The summed E-state index contributed by atoms with van der Waals surface area (Å²) in [5, 5.41) is 2.90. The van der Waals surface area contributed by atoms with Crippen LogP contribution in [0.5, 0.6) is 5.75 Å². The van der Waals surface area contributed by atoms with Crippen molar-refractivity contribution in [3.05, 3.63) is 63.8 Å². The van der Waals surface area contributed by atoms with Gasteiger partial charge in [-0.3, -0.25) is 14.5 Å². The highest BCUT2D eigenvalue weighted by Gasteiger charge is 2.40. The first kappa shape index (κ1) is 19.6. The molecular formula is C22H26FN3O3. The van der Waals surface area contributed by atoms with Gasteiger partial charge >= 0.3 is 0 Å². The first-order valence-electron chi connectivity index (χ1n) is 9.97. The van der Waals surface area contributed by atoms with Crippen molar-refractivity contribution >= 4 is 5.91 Å². The Hall–Kier alpha value is -2.67. The minimum atomic E-state index is -0.315. The van der Waals surface area contributed by atoms with Gasteiger partial charge in [0, 0.05) is 62.4 Å². The van der Waals surface area contributed by atoms with E-state index in [9.17, 15) is 14.0 Å². The molecule has 0 spiro atoms. The Kier molecular flexibility index (Phi) is 5.41. The third-order valence-electron chi connectivity index (χ3n) is 6.08. The molecular weight excluding hydrogens is 373 g/mol. The summed E-state index contributed by atoms with van der Waals surface area (Å²) >= 11 is 0. The lowest BCUT2D eigenvalue weighted by molar-refractivity contribution is -0.119. The van der Waals surface area contributed by atoms with E-state index >= 15 is 0 Å². The Labute approximate surface area is 169 Å². The number of pyridine rings is 1. The highest BCUT2D eigenvalue weighted by molar-refractivity contribution is 5.72. The van der Waals surface area contributed by atoms with E-state index in [0.29, 0.717) is 18.8 Å². The van der Waals surface area contributed by atoms with E-state index in [-0.39, 0.29) is 35.2 Å². The predicted octanol–water partition coefficient (Wildman–Crippen LogP) is 2.29. The van der Waals surface area contributed by atoms with Crippen molar-refractivity contribution in [3.8, 4) is 5.75 Å². The number of hydrogen-bond donors (Lipinski definition) is 1. The van der Waals surface area contributed by atoms with Crippen LogP contribution in [0.3, 0.4) is 0 Å². The monoisotopic (exact) mass is 399 g/mol. The number of methoxy groups -OCH3 is 1. The molecule has 3 heterocycles. The maximum atomic E-state index is 13.5. The van der Waals surface area contributed by atoms with Crippen LogP contribution in [0.1, 0.15) is 36.6 Å². The van der Waals surface area contributed by atoms with Gasteiger partial charge in [-0.15, -0.1) is 0 Å². The third kappa shape index (κ3) is 3.92. The molecule has 0 unspecified atom stereocenters. The fourth-order valence-electron chi connectivity index (χ4n) is 4.87. The average Bonchev–Trinajstić information content (AvgIpc) is 2.69. The minimum Gasteiger partial charge on any atom is -0.496 e. The second kappa shape index (κ2) is 7.99. The summed E-state index contributed by atoms with van der Waals surface area (Å²) < 4.78 is 20.8. The van der Waals surface area contributed by atoms with Crippen LogP contribution >= 0.6 is 0 Å². The summed E-state index contributed by atoms with van der Waals surface area (Å²) in [7, 11) is 1.55. The molecule has 2 aliphatic rings. The molecule has 0 saturated carbocycles. The van der Waals surface area contributed by atoms with Crippen LogP contribution in [-0.4, -0.2) is 42.1 Å². The molecule has 1 aromatic heterocycles. The van der Waals surface area contributed by atoms with Crippen LogP contribution < -0.4 is 15.6 Å². The number of nitrogens with one attached hydrogen (secondary N) is 1. The zero-order valence-corrected chi connectivity index (χ0v) is 16.7.